The van der Waals surface area contributed by atoms with Crippen LogP contribution in [0, 0.1) is 5.82 Å². The molecule has 1 atom stereocenters. The van der Waals surface area contributed by atoms with Gasteiger partial charge in [-0.25, -0.2) is 4.39 Å². The zero-order chi connectivity index (χ0) is 14.6. The van der Waals surface area contributed by atoms with Crippen molar-refractivity contribution in [3.05, 3.63) is 29.6 Å². The van der Waals surface area contributed by atoms with Gasteiger partial charge < -0.3 is 15.4 Å². The van der Waals surface area contributed by atoms with Crippen molar-refractivity contribution >= 4 is 0 Å². The topological polar surface area (TPSA) is 38.5 Å². The zero-order valence-corrected chi connectivity index (χ0v) is 12.5. The summed E-state index contributed by atoms with van der Waals surface area (Å²) in [6.45, 7) is 6.26. The Hall–Kier alpha value is -1.13. The van der Waals surface area contributed by atoms with Crippen molar-refractivity contribution in [2.24, 2.45) is 5.73 Å². The third-order valence-corrected chi connectivity index (χ3v) is 2.98. The Morgan fingerprint density at radius 1 is 1.37 bits per heavy atom. The van der Waals surface area contributed by atoms with Gasteiger partial charge in [-0.1, -0.05) is 6.07 Å². The van der Waals surface area contributed by atoms with E-state index in [0.29, 0.717) is 12.4 Å². The van der Waals surface area contributed by atoms with Crippen molar-refractivity contribution in [3.63, 3.8) is 0 Å². The number of hydrogen-bond acceptors (Lipinski definition) is 3. The van der Waals surface area contributed by atoms with Crippen molar-refractivity contribution < 1.29 is 9.13 Å². The first-order chi connectivity index (χ1) is 8.74. The molecule has 0 radical (unpaired) electrons. The lowest BCUT2D eigenvalue weighted by Gasteiger charge is -2.31. The van der Waals surface area contributed by atoms with E-state index < -0.39 is 0 Å². The molecule has 0 saturated heterocycles. The largest absolute Gasteiger partial charge is 0.491 e. The van der Waals surface area contributed by atoms with Crippen LogP contribution in [0.1, 0.15) is 38.8 Å². The normalized spacial score (nSPS) is 13.7. The van der Waals surface area contributed by atoms with E-state index in [4.69, 9.17) is 10.5 Å². The highest BCUT2D eigenvalue weighted by Crippen LogP contribution is 2.29. The second kappa shape index (κ2) is 6.35. The molecular formula is C15H25FN2O. The van der Waals surface area contributed by atoms with Gasteiger partial charge in [-0.05, 0) is 59.0 Å². The molecule has 3 nitrogen and oxygen atoms in total. The average molecular weight is 268 g/mol. The number of ether oxygens (including phenoxy) is 1. The molecule has 0 heterocycles. The second-order valence-corrected chi connectivity index (χ2v) is 5.79. The quantitative estimate of drug-likeness (QED) is 0.862. The van der Waals surface area contributed by atoms with Crippen LogP contribution in [0.3, 0.4) is 0 Å². The maximum atomic E-state index is 13.9. The molecular weight excluding hydrogens is 243 g/mol. The van der Waals surface area contributed by atoms with Crippen molar-refractivity contribution in [3.8, 4) is 5.75 Å². The van der Waals surface area contributed by atoms with E-state index in [-0.39, 0.29) is 17.4 Å². The Morgan fingerprint density at radius 3 is 2.42 bits per heavy atom. The van der Waals surface area contributed by atoms with E-state index in [1.165, 1.54) is 0 Å². The summed E-state index contributed by atoms with van der Waals surface area (Å²) in [4.78, 5) is 2.06. The molecule has 0 aromatic heterocycles. The molecule has 0 aliphatic heterocycles. The van der Waals surface area contributed by atoms with Crippen LogP contribution in [-0.4, -0.2) is 31.1 Å². The fraction of sp³-hybridized carbons (Fsp3) is 0.600. The molecule has 0 amide bonds. The number of rotatable bonds is 6. The van der Waals surface area contributed by atoms with E-state index in [1.807, 2.05) is 40.9 Å². The SMILES string of the molecule is CCOc1ccc(C(CC(C)(C)N)N(C)C)cc1F. The van der Waals surface area contributed by atoms with Crippen molar-refractivity contribution in [2.45, 2.75) is 38.8 Å². The Balaban J connectivity index is 3.00. The van der Waals surface area contributed by atoms with Crippen LogP contribution in [0.5, 0.6) is 5.75 Å². The molecule has 0 fully saturated rings. The van der Waals surface area contributed by atoms with Gasteiger partial charge in [0, 0.05) is 11.6 Å². The number of nitrogens with two attached hydrogens (primary N) is 1. The van der Waals surface area contributed by atoms with Gasteiger partial charge >= 0.3 is 0 Å². The van der Waals surface area contributed by atoms with Gasteiger partial charge in [0.1, 0.15) is 0 Å². The first-order valence-electron chi connectivity index (χ1n) is 6.62. The van der Waals surface area contributed by atoms with Crippen LogP contribution in [0.2, 0.25) is 0 Å². The number of hydrogen-bond donors (Lipinski definition) is 1. The van der Waals surface area contributed by atoms with E-state index >= 15 is 0 Å². The minimum Gasteiger partial charge on any atom is -0.491 e. The fourth-order valence-corrected chi connectivity index (χ4v) is 2.09. The van der Waals surface area contributed by atoms with Gasteiger partial charge in [-0.3, -0.25) is 0 Å². The Morgan fingerprint density at radius 2 is 2.00 bits per heavy atom. The third-order valence-electron chi connectivity index (χ3n) is 2.98. The molecule has 4 heteroatoms. The van der Waals surface area contributed by atoms with Crippen molar-refractivity contribution in [1.82, 2.24) is 4.90 Å². The summed E-state index contributed by atoms with van der Waals surface area (Å²) in [6.07, 6.45) is 0.757. The molecule has 19 heavy (non-hydrogen) atoms. The molecule has 1 aromatic rings. The molecule has 2 N–H and O–H groups in total. The number of nitrogens with zero attached hydrogens (tertiary/aromatic N) is 1. The molecule has 108 valence electrons. The summed E-state index contributed by atoms with van der Waals surface area (Å²) in [5.41, 5.74) is 6.70. The van der Waals surface area contributed by atoms with Crippen LogP contribution in [0.25, 0.3) is 0 Å². The lowest BCUT2D eigenvalue weighted by atomic mass is 9.91. The van der Waals surface area contributed by atoms with Gasteiger partial charge in [0.25, 0.3) is 0 Å². The van der Waals surface area contributed by atoms with Crippen LogP contribution >= 0.6 is 0 Å². The summed E-state index contributed by atoms with van der Waals surface area (Å²) in [7, 11) is 3.95. The third kappa shape index (κ3) is 4.80. The van der Waals surface area contributed by atoms with Gasteiger partial charge in [-0.2, -0.15) is 0 Å². The molecule has 1 unspecified atom stereocenters. The molecule has 0 aliphatic carbocycles. The monoisotopic (exact) mass is 268 g/mol. The predicted molar refractivity (Wildman–Crippen MR) is 76.9 cm³/mol. The first-order valence-corrected chi connectivity index (χ1v) is 6.62. The standard InChI is InChI=1S/C15H25FN2O/c1-6-19-14-8-7-11(9-12(14)16)13(18(4)5)10-15(2,3)17/h7-9,13H,6,10,17H2,1-5H3. The highest BCUT2D eigenvalue weighted by atomic mass is 19.1. The maximum absolute atomic E-state index is 13.9. The minimum absolute atomic E-state index is 0.0881. The second-order valence-electron chi connectivity index (χ2n) is 5.79. The highest BCUT2D eigenvalue weighted by Gasteiger charge is 2.23. The Kier molecular flexibility index (Phi) is 5.32. The van der Waals surface area contributed by atoms with E-state index in [0.717, 1.165) is 12.0 Å². The summed E-state index contributed by atoms with van der Waals surface area (Å²) >= 11 is 0. The minimum atomic E-state index is -0.318. The van der Waals surface area contributed by atoms with Gasteiger partial charge in [0.05, 0.1) is 6.61 Å². The Bertz CT molecular complexity index is 413. The van der Waals surface area contributed by atoms with Gasteiger partial charge in [0.15, 0.2) is 11.6 Å². The average Bonchev–Trinajstić information content (AvgIpc) is 2.27. The van der Waals surface area contributed by atoms with E-state index in [2.05, 4.69) is 4.90 Å². The molecule has 0 saturated carbocycles. The fourth-order valence-electron chi connectivity index (χ4n) is 2.09. The van der Waals surface area contributed by atoms with Crippen LogP contribution in [0.4, 0.5) is 4.39 Å². The molecule has 1 rings (SSSR count). The van der Waals surface area contributed by atoms with E-state index in [9.17, 15) is 4.39 Å². The zero-order valence-electron chi connectivity index (χ0n) is 12.5. The first kappa shape index (κ1) is 15.9. The van der Waals surface area contributed by atoms with Crippen molar-refractivity contribution in [1.29, 1.82) is 0 Å². The van der Waals surface area contributed by atoms with Gasteiger partial charge in [0.2, 0.25) is 0 Å². The Labute approximate surface area is 115 Å². The van der Waals surface area contributed by atoms with Crippen LogP contribution in [-0.2, 0) is 0 Å². The van der Waals surface area contributed by atoms with Crippen molar-refractivity contribution in [2.75, 3.05) is 20.7 Å². The molecule has 0 bridgehead atoms. The predicted octanol–water partition coefficient (Wildman–Crippen LogP) is 2.95. The summed E-state index contributed by atoms with van der Waals surface area (Å²) in [6, 6.07) is 5.23. The summed E-state index contributed by atoms with van der Waals surface area (Å²) in [5, 5.41) is 0. The number of halogens is 1. The molecule has 0 spiro atoms. The summed E-state index contributed by atoms with van der Waals surface area (Å²) in [5.74, 6) is -0.0169. The van der Waals surface area contributed by atoms with Crippen LogP contribution < -0.4 is 10.5 Å². The molecule has 0 aliphatic rings. The maximum Gasteiger partial charge on any atom is 0.165 e. The van der Waals surface area contributed by atoms with Gasteiger partial charge in [-0.15, -0.1) is 0 Å². The summed E-state index contributed by atoms with van der Waals surface area (Å²) < 4.78 is 19.1. The lowest BCUT2D eigenvalue weighted by molar-refractivity contribution is 0.242. The lowest BCUT2D eigenvalue weighted by Crippen LogP contribution is -2.37. The smallest absolute Gasteiger partial charge is 0.165 e. The van der Waals surface area contributed by atoms with E-state index in [1.54, 1.807) is 12.1 Å². The highest BCUT2D eigenvalue weighted by molar-refractivity contribution is 5.31. The number of benzene rings is 1. The van der Waals surface area contributed by atoms with Crippen LogP contribution in [0.15, 0.2) is 18.2 Å². The molecule has 1 aromatic carbocycles.